The predicted molar refractivity (Wildman–Crippen MR) is 120 cm³/mol. The van der Waals surface area contributed by atoms with E-state index in [9.17, 15) is 4.79 Å². The highest BCUT2D eigenvalue weighted by Gasteiger charge is 2.47. The molecule has 10 heteroatoms. The molecule has 0 aliphatic carbocycles. The second kappa shape index (κ2) is 8.74. The zero-order chi connectivity index (χ0) is 23.0. The zero-order valence-electron chi connectivity index (χ0n) is 19.1. The van der Waals surface area contributed by atoms with E-state index in [0.29, 0.717) is 23.2 Å². The third-order valence-electron chi connectivity index (χ3n) is 5.83. The highest BCUT2D eigenvalue weighted by Crippen LogP contribution is 2.43. The Morgan fingerprint density at radius 3 is 2.66 bits per heavy atom. The monoisotopic (exact) mass is 463 g/mol. The number of anilines is 2. The van der Waals surface area contributed by atoms with E-state index in [1.54, 1.807) is 18.2 Å². The first-order valence-corrected chi connectivity index (χ1v) is 13.6. The van der Waals surface area contributed by atoms with Crippen molar-refractivity contribution in [2.45, 2.75) is 46.2 Å². The van der Waals surface area contributed by atoms with Crippen LogP contribution in [0.2, 0.25) is 13.1 Å². The normalized spacial score (nSPS) is 23.5. The Labute approximate surface area is 188 Å². The molecule has 174 valence electrons. The molecule has 0 radical (unpaired) electrons. The number of nitrogens with zero attached hydrogens (tertiary/aromatic N) is 3. The van der Waals surface area contributed by atoms with Crippen molar-refractivity contribution in [2.24, 2.45) is 11.3 Å². The highest BCUT2D eigenvalue weighted by atomic mass is 28.3. The molecule has 1 aromatic heterocycles. The van der Waals surface area contributed by atoms with Crippen LogP contribution in [0.1, 0.15) is 20.8 Å². The lowest BCUT2D eigenvalue weighted by molar-refractivity contribution is 0.00256. The standard InChI is InChI=1S/C22H30FN3O5Si/c1-22(2,3)16-12-26(20(16)31-32(4)5)18-7-6-14(10-17(18)23)25-11-15(30-21(25)27)13-28-19-8-9-29-24-19/h6-10,15-16,20,32H,11-13H2,1-5H3/t15-,16?,20?/m1/s1. The van der Waals surface area contributed by atoms with Crippen molar-refractivity contribution in [1.82, 2.24) is 5.16 Å². The van der Waals surface area contributed by atoms with Gasteiger partial charge in [0.25, 0.3) is 5.88 Å². The average Bonchev–Trinajstić information content (AvgIpc) is 3.33. The molecule has 0 bridgehead atoms. The number of carbonyl (C=O) groups excluding carboxylic acids is 1. The highest BCUT2D eigenvalue weighted by molar-refractivity contribution is 6.48. The Morgan fingerprint density at radius 2 is 2.03 bits per heavy atom. The lowest BCUT2D eigenvalue weighted by Crippen LogP contribution is -2.63. The molecule has 1 aromatic carbocycles. The van der Waals surface area contributed by atoms with Crippen LogP contribution in [0.5, 0.6) is 5.88 Å². The minimum absolute atomic E-state index is 0.0727. The van der Waals surface area contributed by atoms with Crippen LogP contribution in [0, 0.1) is 17.2 Å². The van der Waals surface area contributed by atoms with Gasteiger partial charge in [-0.15, -0.1) is 0 Å². The number of hydrogen-bond donors (Lipinski definition) is 0. The van der Waals surface area contributed by atoms with Gasteiger partial charge in [-0.3, -0.25) is 4.90 Å². The molecule has 32 heavy (non-hydrogen) atoms. The molecule has 2 unspecified atom stereocenters. The molecule has 0 saturated carbocycles. The van der Waals surface area contributed by atoms with Gasteiger partial charge < -0.3 is 23.3 Å². The van der Waals surface area contributed by atoms with E-state index in [2.05, 4.69) is 39.0 Å². The number of hydrogen-bond acceptors (Lipinski definition) is 7. The van der Waals surface area contributed by atoms with Gasteiger partial charge in [0.15, 0.2) is 15.1 Å². The van der Waals surface area contributed by atoms with Crippen molar-refractivity contribution in [3.8, 4) is 5.88 Å². The summed E-state index contributed by atoms with van der Waals surface area (Å²) in [5.41, 5.74) is 1.01. The summed E-state index contributed by atoms with van der Waals surface area (Å²) >= 11 is 0. The molecule has 3 heterocycles. The molecule has 2 fully saturated rings. The smallest absolute Gasteiger partial charge is 0.414 e. The summed E-state index contributed by atoms with van der Waals surface area (Å²) < 4.78 is 36.9. The molecule has 2 aliphatic rings. The van der Waals surface area contributed by atoms with E-state index in [0.717, 1.165) is 6.54 Å². The lowest BCUT2D eigenvalue weighted by Gasteiger charge is -2.55. The summed E-state index contributed by atoms with van der Waals surface area (Å²) in [5.74, 6) is 0.263. The van der Waals surface area contributed by atoms with Crippen LogP contribution in [0.3, 0.4) is 0 Å². The maximum Gasteiger partial charge on any atom is 0.414 e. The van der Waals surface area contributed by atoms with Crippen LogP contribution in [-0.4, -0.2) is 52.3 Å². The number of halogens is 1. The van der Waals surface area contributed by atoms with Crippen LogP contribution in [0.15, 0.2) is 35.1 Å². The predicted octanol–water partition coefficient (Wildman–Crippen LogP) is 4.03. The number of ether oxygens (including phenoxy) is 2. The van der Waals surface area contributed by atoms with Crippen LogP contribution in [0.25, 0.3) is 0 Å². The fourth-order valence-corrected chi connectivity index (χ4v) is 4.93. The summed E-state index contributed by atoms with van der Waals surface area (Å²) in [6.07, 6.45) is 0.248. The van der Waals surface area contributed by atoms with Crippen molar-refractivity contribution in [1.29, 1.82) is 0 Å². The molecule has 3 atom stereocenters. The molecular formula is C22H30FN3O5Si. The van der Waals surface area contributed by atoms with Gasteiger partial charge >= 0.3 is 6.09 Å². The van der Waals surface area contributed by atoms with Crippen molar-refractivity contribution in [3.05, 3.63) is 36.3 Å². The maximum absolute atomic E-state index is 15.2. The Kier molecular flexibility index (Phi) is 6.17. The van der Waals surface area contributed by atoms with Crippen molar-refractivity contribution in [3.63, 3.8) is 0 Å². The molecule has 2 saturated heterocycles. The molecule has 0 spiro atoms. The van der Waals surface area contributed by atoms with Gasteiger partial charge in [0.1, 0.15) is 24.9 Å². The summed E-state index contributed by atoms with van der Waals surface area (Å²) in [6, 6.07) is 6.41. The summed E-state index contributed by atoms with van der Waals surface area (Å²) in [5, 5.41) is 3.66. The Hall–Kier alpha value is -2.59. The summed E-state index contributed by atoms with van der Waals surface area (Å²) in [6.45, 7) is 11.9. The second-order valence-electron chi connectivity index (χ2n) is 9.60. The van der Waals surface area contributed by atoms with Crippen LogP contribution < -0.4 is 14.5 Å². The number of cyclic esters (lactones) is 1. The van der Waals surface area contributed by atoms with Crippen LogP contribution in [0.4, 0.5) is 20.6 Å². The molecule has 2 aromatic rings. The molecule has 2 aliphatic heterocycles. The Morgan fingerprint density at radius 1 is 1.25 bits per heavy atom. The molecule has 4 rings (SSSR count). The third-order valence-corrected chi connectivity index (χ3v) is 6.65. The summed E-state index contributed by atoms with van der Waals surface area (Å²) in [4.78, 5) is 15.7. The molecule has 8 nitrogen and oxygen atoms in total. The first-order valence-electron chi connectivity index (χ1n) is 10.9. The quantitative estimate of drug-likeness (QED) is 0.574. The molecule has 1 amide bonds. The lowest BCUT2D eigenvalue weighted by atomic mass is 9.74. The van der Waals surface area contributed by atoms with E-state index in [1.807, 2.05) is 4.90 Å². The van der Waals surface area contributed by atoms with Crippen LogP contribution in [-0.2, 0) is 9.16 Å². The van der Waals surface area contributed by atoms with E-state index >= 15 is 4.39 Å². The van der Waals surface area contributed by atoms with Crippen molar-refractivity contribution in [2.75, 3.05) is 29.5 Å². The topological polar surface area (TPSA) is 77.3 Å². The van der Waals surface area contributed by atoms with Gasteiger partial charge in [0.2, 0.25) is 0 Å². The fourth-order valence-electron chi connectivity index (χ4n) is 4.04. The second-order valence-corrected chi connectivity index (χ2v) is 12.0. The first-order chi connectivity index (χ1) is 15.1. The van der Waals surface area contributed by atoms with Crippen molar-refractivity contribution >= 4 is 26.5 Å². The zero-order valence-corrected chi connectivity index (χ0v) is 20.2. The van der Waals surface area contributed by atoms with Gasteiger partial charge in [0.05, 0.1) is 17.9 Å². The largest absolute Gasteiger partial charge is 0.471 e. The Bertz CT molecular complexity index is 950. The van der Waals surface area contributed by atoms with Crippen molar-refractivity contribution < 1.29 is 27.6 Å². The number of aromatic nitrogens is 1. The number of carbonyl (C=O) groups is 1. The van der Waals surface area contributed by atoms with Gasteiger partial charge in [0, 0.05) is 18.5 Å². The Balaban J connectivity index is 1.44. The van der Waals surface area contributed by atoms with Gasteiger partial charge in [-0.25, -0.2) is 9.18 Å². The van der Waals surface area contributed by atoms with E-state index in [-0.39, 0.29) is 30.6 Å². The minimum Gasteiger partial charge on any atom is -0.471 e. The number of amides is 1. The maximum atomic E-state index is 15.2. The fraction of sp³-hybridized carbons (Fsp3) is 0.545. The SMILES string of the molecule is C[SiH](C)OC1C(C(C)(C)C)CN1c1ccc(N2C[C@H](COc3ccon3)OC2=O)cc1F. The molecular weight excluding hydrogens is 433 g/mol. The minimum atomic E-state index is -1.31. The number of benzene rings is 1. The van der Waals surface area contributed by atoms with Gasteiger partial charge in [-0.1, -0.05) is 20.8 Å². The van der Waals surface area contributed by atoms with Crippen LogP contribution >= 0.6 is 0 Å². The van der Waals surface area contributed by atoms with E-state index < -0.39 is 21.2 Å². The third kappa shape index (κ3) is 4.61. The van der Waals surface area contributed by atoms with E-state index in [4.69, 9.17) is 18.4 Å². The van der Waals surface area contributed by atoms with E-state index in [1.165, 1.54) is 17.2 Å². The van der Waals surface area contributed by atoms with Gasteiger partial charge in [-0.05, 0) is 41.9 Å². The number of rotatable bonds is 7. The average molecular weight is 464 g/mol. The summed E-state index contributed by atoms with van der Waals surface area (Å²) in [7, 11) is -1.31. The first kappa shape index (κ1) is 22.6. The molecule has 0 N–H and O–H groups in total. The van der Waals surface area contributed by atoms with Gasteiger partial charge in [-0.2, -0.15) is 0 Å².